The lowest BCUT2D eigenvalue weighted by atomic mass is 10.2. The number of anilines is 1. The molecule has 0 aliphatic carbocycles. The molecule has 158 valence electrons. The first-order chi connectivity index (χ1) is 14.2. The SMILES string of the molecule is C[C@H](O)Cn1c(S[C@@H](C)C(=O)Nc2ccc(F)c(F)c2)nc2cc(Cl)ccc2c1=O. The van der Waals surface area contributed by atoms with E-state index in [-0.39, 0.29) is 22.9 Å². The average Bonchev–Trinajstić information content (AvgIpc) is 2.67. The highest BCUT2D eigenvalue weighted by molar-refractivity contribution is 8.00. The van der Waals surface area contributed by atoms with Crippen LogP contribution < -0.4 is 10.9 Å². The Kier molecular flexibility index (Phi) is 6.74. The third-order valence-electron chi connectivity index (χ3n) is 4.17. The lowest BCUT2D eigenvalue weighted by Gasteiger charge is -2.17. The fraction of sp³-hybridized carbons (Fsp3) is 0.250. The molecule has 0 saturated heterocycles. The summed E-state index contributed by atoms with van der Waals surface area (Å²) < 4.78 is 27.7. The summed E-state index contributed by atoms with van der Waals surface area (Å²) in [5, 5.41) is 12.5. The summed E-state index contributed by atoms with van der Waals surface area (Å²) in [6.07, 6.45) is -0.820. The third kappa shape index (κ3) is 4.97. The molecule has 1 aromatic heterocycles. The van der Waals surface area contributed by atoms with Gasteiger partial charge in [0.25, 0.3) is 5.56 Å². The van der Waals surface area contributed by atoms with Gasteiger partial charge in [-0.3, -0.25) is 14.2 Å². The minimum absolute atomic E-state index is 0.00968. The molecule has 0 aliphatic rings. The van der Waals surface area contributed by atoms with E-state index in [1.807, 2.05) is 0 Å². The lowest BCUT2D eigenvalue weighted by molar-refractivity contribution is -0.115. The number of amides is 1. The largest absolute Gasteiger partial charge is 0.392 e. The summed E-state index contributed by atoms with van der Waals surface area (Å²) in [6.45, 7) is 3.11. The Morgan fingerprint density at radius 3 is 2.63 bits per heavy atom. The summed E-state index contributed by atoms with van der Waals surface area (Å²) in [4.78, 5) is 29.8. The molecule has 0 spiro atoms. The van der Waals surface area contributed by atoms with Gasteiger partial charge in [-0.25, -0.2) is 13.8 Å². The second-order valence-electron chi connectivity index (χ2n) is 6.70. The van der Waals surface area contributed by atoms with Gasteiger partial charge >= 0.3 is 0 Å². The van der Waals surface area contributed by atoms with E-state index in [0.29, 0.717) is 15.9 Å². The highest BCUT2D eigenvalue weighted by Crippen LogP contribution is 2.25. The second kappa shape index (κ2) is 9.11. The number of aliphatic hydroxyl groups excluding tert-OH is 1. The Morgan fingerprint density at radius 1 is 1.23 bits per heavy atom. The number of nitrogens with one attached hydrogen (secondary N) is 1. The van der Waals surface area contributed by atoms with Crippen LogP contribution in [0, 0.1) is 11.6 Å². The number of carbonyl (C=O) groups is 1. The first-order valence-corrected chi connectivity index (χ1v) is 10.2. The fourth-order valence-corrected chi connectivity index (χ4v) is 3.80. The van der Waals surface area contributed by atoms with Crippen molar-refractivity contribution >= 4 is 45.9 Å². The predicted octanol–water partition coefficient (Wildman–Crippen LogP) is 3.83. The van der Waals surface area contributed by atoms with Crippen molar-refractivity contribution in [3.63, 3.8) is 0 Å². The molecule has 2 aromatic carbocycles. The monoisotopic (exact) mass is 453 g/mol. The van der Waals surface area contributed by atoms with Crippen LogP contribution in [0.2, 0.25) is 5.02 Å². The Morgan fingerprint density at radius 2 is 1.97 bits per heavy atom. The summed E-state index contributed by atoms with van der Waals surface area (Å²) in [5.74, 6) is -2.58. The third-order valence-corrected chi connectivity index (χ3v) is 5.49. The molecular formula is C20H18ClF2N3O3S. The molecular weight excluding hydrogens is 436 g/mol. The van der Waals surface area contributed by atoms with Crippen LogP contribution >= 0.6 is 23.4 Å². The van der Waals surface area contributed by atoms with Gasteiger partial charge in [-0.05, 0) is 44.2 Å². The van der Waals surface area contributed by atoms with E-state index >= 15 is 0 Å². The summed E-state index contributed by atoms with van der Waals surface area (Å²) in [6, 6.07) is 7.71. The van der Waals surface area contributed by atoms with Crippen LogP contribution in [0.1, 0.15) is 13.8 Å². The normalized spacial score (nSPS) is 13.3. The van der Waals surface area contributed by atoms with Gasteiger partial charge in [0.2, 0.25) is 5.91 Å². The number of aliphatic hydroxyl groups is 1. The number of hydrogen-bond donors (Lipinski definition) is 2. The van der Waals surface area contributed by atoms with Gasteiger partial charge < -0.3 is 10.4 Å². The molecule has 1 heterocycles. The van der Waals surface area contributed by atoms with Crippen molar-refractivity contribution in [1.29, 1.82) is 0 Å². The van der Waals surface area contributed by atoms with E-state index in [1.165, 1.54) is 17.6 Å². The quantitative estimate of drug-likeness (QED) is 0.438. The van der Waals surface area contributed by atoms with E-state index < -0.39 is 28.9 Å². The number of carbonyl (C=O) groups excluding carboxylic acids is 1. The Hall–Kier alpha value is -2.49. The van der Waals surface area contributed by atoms with Crippen molar-refractivity contribution in [3.8, 4) is 0 Å². The zero-order valence-corrected chi connectivity index (χ0v) is 17.6. The van der Waals surface area contributed by atoms with Gasteiger partial charge in [-0.1, -0.05) is 23.4 Å². The number of halogens is 3. The minimum atomic E-state index is -1.08. The van der Waals surface area contributed by atoms with Gasteiger partial charge in [0.05, 0.1) is 28.8 Å². The predicted molar refractivity (Wildman–Crippen MR) is 113 cm³/mol. The number of benzene rings is 2. The van der Waals surface area contributed by atoms with Crippen LogP contribution in [0.3, 0.4) is 0 Å². The lowest BCUT2D eigenvalue weighted by Crippen LogP contribution is -2.29. The first kappa shape index (κ1) is 22.2. The van der Waals surface area contributed by atoms with Crippen molar-refractivity contribution in [3.05, 3.63) is 63.4 Å². The van der Waals surface area contributed by atoms with Crippen molar-refractivity contribution in [2.45, 2.75) is 36.9 Å². The Bertz CT molecular complexity index is 1170. The molecule has 2 N–H and O–H groups in total. The van der Waals surface area contributed by atoms with Gasteiger partial charge in [0, 0.05) is 16.8 Å². The zero-order valence-electron chi connectivity index (χ0n) is 16.0. The maximum atomic E-state index is 13.4. The van der Waals surface area contributed by atoms with Crippen LogP contribution in [-0.2, 0) is 11.3 Å². The number of fused-ring (bicyclic) bond motifs is 1. The van der Waals surface area contributed by atoms with Gasteiger partial charge in [-0.2, -0.15) is 0 Å². The van der Waals surface area contributed by atoms with E-state index in [1.54, 1.807) is 25.1 Å². The van der Waals surface area contributed by atoms with Crippen LogP contribution in [-0.4, -0.2) is 31.9 Å². The van der Waals surface area contributed by atoms with Gasteiger partial charge in [0.15, 0.2) is 16.8 Å². The Balaban J connectivity index is 1.91. The molecule has 30 heavy (non-hydrogen) atoms. The molecule has 3 rings (SSSR count). The summed E-state index contributed by atoms with van der Waals surface area (Å²) in [5.41, 5.74) is 0.101. The number of thioether (sulfide) groups is 1. The fourth-order valence-electron chi connectivity index (χ4n) is 2.72. The molecule has 0 unspecified atom stereocenters. The molecule has 0 radical (unpaired) electrons. The number of nitrogens with zero attached hydrogens (tertiary/aromatic N) is 2. The number of aromatic nitrogens is 2. The summed E-state index contributed by atoms with van der Waals surface area (Å²) in [7, 11) is 0. The highest BCUT2D eigenvalue weighted by atomic mass is 35.5. The maximum absolute atomic E-state index is 13.4. The van der Waals surface area contributed by atoms with Gasteiger partial charge in [-0.15, -0.1) is 0 Å². The van der Waals surface area contributed by atoms with Crippen LogP contribution in [0.4, 0.5) is 14.5 Å². The number of rotatable bonds is 6. The summed E-state index contributed by atoms with van der Waals surface area (Å²) >= 11 is 7.00. The maximum Gasteiger partial charge on any atom is 0.262 e. The average molecular weight is 454 g/mol. The van der Waals surface area contributed by atoms with E-state index in [0.717, 1.165) is 23.9 Å². The topological polar surface area (TPSA) is 84.2 Å². The highest BCUT2D eigenvalue weighted by Gasteiger charge is 2.21. The van der Waals surface area contributed by atoms with Crippen LogP contribution in [0.25, 0.3) is 10.9 Å². The molecule has 10 heteroatoms. The molecule has 2 atom stereocenters. The van der Waals surface area contributed by atoms with Crippen LogP contribution in [0.15, 0.2) is 46.3 Å². The van der Waals surface area contributed by atoms with Crippen molar-refractivity contribution in [2.75, 3.05) is 5.32 Å². The van der Waals surface area contributed by atoms with E-state index in [9.17, 15) is 23.5 Å². The van der Waals surface area contributed by atoms with Crippen molar-refractivity contribution in [1.82, 2.24) is 9.55 Å². The Labute approximate surface area is 179 Å². The molecule has 1 amide bonds. The molecule has 6 nitrogen and oxygen atoms in total. The van der Waals surface area contributed by atoms with Crippen molar-refractivity contribution in [2.24, 2.45) is 0 Å². The van der Waals surface area contributed by atoms with Gasteiger partial charge in [0.1, 0.15) is 0 Å². The number of hydrogen-bond acceptors (Lipinski definition) is 5. The van der Waals surface area contributed by atoms with Crippen LogP contribution in [0.5, 0.6) is 0 Å². The molecule has 3 aromatic rings. The second-order valence-corrected chi connectivity index (χ2v) is 8.44. The zero-order chi connectivity index (χ0) is 22.0. The standard InChI is InChI=1S/C20H18ClF2N3O3S/c1-10(27)9-26-19(29)14-5-3-12(21)7-17(14)25-20(26)30-11(2)18(28)24-13-4-6-15(22)16(23)8-13/h3-8,10-11,27H,9H2,1-2H3,(H,24,28)/t10-,11-/m0/s1. The van der Waals surface area contributed by atoms with E-state index in [2.05, 4.69) is 10.3 Å². The molecule has 0 fully saturated rings. The smallest absolute Gasteiger partial charge is 0.262 e. The molecule has 0 bridgehead atoms. The first-order valence-electron chi connectivity index (χ1n) is 8.96. The van der Waals surface area contributed by atoms with E-state index in [4.69, 9.17) is 11.6 Å². The minimum Gasteiger partial charge on any atom is -0.392 e. The molecule has 0 saturated carbocycles. The molecule has 0 aliphatic heterocycles. The van der Waals surface area contributed by atoms with Crippen molar-refractivity contribution < 1.29 is 18.7 Å².